The van der Waals surface area contributed by atoms with Crippen molar-refractivity contribution in [3.05, 3.63) is 0 Å². The van der Waals surface area contributed by atoms with Gasteiger partial charge in [0.05, 0.1) is 33.0 Å². The van der Waals surface area contributed by atoms with Gasteiger partial charge in [0.25, 0.3) is 0 Å². The van der Waals surface area contributed by atoms with Crippen LogP contribution in [0.5, 0.6) is 0 Å². The number of rotatable bonds is 14. The van der Waals surface area contributed by atoms with E-state index in [9.17, 15) is 0 Å². The van der Waals surface area contributed by atoms with Crippen LogP contribution in [0.3, 0.4) is 0 Å². The van der Waals surface area contributed by atoms with E-state index < -0.39 is 0 Å². The average Bonchev–Trinajstić information content (AvgIpc) is 2.43. The maximum absolute atomic E-state index is 5.59. The van der Waals surface area contributed by atoms with Crippen LogP contribution in [-0.2, 0) is 14.2 Å². The average molecular weight is 366 g/mol. The van der Waals surface area contributed by atoms with Crippen molar-refractivity contribution in [3.63, 3.8) is 0 Å². The van der Waals surface area contributed by atoms with Gasteiger partial charge in [0.2, 0.25) is 0 Å². The van der Waals surface area contributed by atoms with E-state index in [1.54, 1.807) is 0 Å². The van der Waals surface area contributed by atoms with E-state index >= 15 is 0 Å². The lowest BCUT2D eigenvalue weighted by Crippen LogP contribution is -2.36. The van der Waals surface area contributed by atoms with Crippen LogP contribution in [0.4, 0.5) is 0 Å². The Morgan fingerprint density at radius 3 is 2.10 bits per heavy atom. The zero-order chi connectivity index (χ0) is 15.3. The highest BCUT2D eigenvalue weighted by molar-refractivity contribution is 9.09. The molecule has 1 saturated carbocycles. The molecule has 0 radical (unpaired) electrons. The molecule has 126 valence electrons. The van der Waals surface area contributed by atoms with Gasteiger partial charge in [-0.25, -0.2) is 0 Å². The highest BCUT2D eigenvalue weighted by Gasteiger charge is 2.27. The maximum atomic E-state index is 5.59. The Hall–Kier alpha value is 0.320. The van der Waals surface area contributed by atoms with E-state index in [4.69, 9.17) is 14.2 Å². The van der Waals surface area contributed by atoms with Crippen molar-refractivity contribution in [2.45, 2.75) is 37.4 Å². The lowest BCUT2D eigenvalue weighted by molar-refractivity contribution is 0.0103. The number of likely N-dealkylation sites (N-methyl/N-ethyl adjacent to an activating group) is 1. The minimum Gasteiger partial charge on any atom is -0.379 e. The highest BCUT2D eigenvalue weighted by Crippen LogP contribution is 2.33. The molecule has 0 aliphatic heterocycles. The minimum atomic E-state index is 0.661. The maximum Gasteiger partial charge on any atom is 0.0701 e. The van der Waals surface area contributed by atoms with E-state index in [-0.39, 0.29) is 0 Å². The third-order valence-corrected chi connectivity index (χ3v) is 4.50. The van der Waals surface area contributed by atoms with Crippen molar-refractivity contribution in [3.8, 4) is 0 Å². The number of nitrogens with zero attached hydrogens (tertiary/aromatic N) is 1. The van der Waals surface area contributed by atoms with Gasteiger partial charge in [-0.15, -0.1) is 0 Å². The first-order chi connectivity index (χ1) is 10.2. The normalized spacial score (nSPS) is 21.7. The second-order valence-corrected chi connectivity index (χ2v) is 7.18. The molecule has 0 heterocycles. The van der Waals surface area contributed by atoms with E-state index in [0.717, 1.165) is 36.9 Å². The third kappa shape index (κ3) is 10.6. The van der Waals surface area contributed by atoms with E-state index in [2.05, 4.69) is 34.8 Å². The molecule has 0 unspecified atom stereocenters. The predicted octanol–water partition coefficient (Wildman–Crippen LogP) is 2.94. The molecule has 0 spiro atoms. The second-order valence-electron chi connectivity index (χ2n) is 5.89. The van der Waals surface area contributed by atoms with Crippen LogP contribution < -0.4 is 0 Å². The van der Waals surface area contributed by atoms with Gasteiger partial charge in [-0.3, -0.25) is 0 Å². The van der Waals surface area contributed by atoms with Gasteiger partial charge >= 0.3 is 0 Å². The molecule has 0 aromatic heterocycles. The molecule has 0 atom stereocenters. The monoisotopic (exact) mass is 365 g/mol. The van der Waals surface area contributed by atoms with Gasteiger partial charge in [0.15, 0.2) is 0 Å². The van der Waals surface area contributed by atoms with Gasteiger partial charge in [-0.2, -0.15) is 0 Å². The summed E-state index contributed by atoms with van der Waals surface area (Å²) in [6.45, 7) is 8.70. The zero-order valence-electron chi connectivity index (χ0n) is 13.7. The Bertz CT molecular complexity index is 238. The third-order valence-electron chi connectivity index (χ3n) is 3.75. The molecule has 1 rings (SSSR count). The van der Waals surface area contributed by atoms with Gasteiger partial charge < -0.3 is 19.1 Å². The summed E-state index contributed by atoms with van der Waals surface area (Å²) in [5, 5.41) is 0. The van der Waals surface area contributed by atoms with Crippen molar-refractivity contribution in [1.29, 1.82) is 0 Å². The van der Waals surface area contributed by atoms with Crippen molar-refractivity contribution < 1.29 is 14.2 Å². The number of hydrogen-bond donors (Lipinski definition) is 0. The van der Waals surface area contributed by atoms with Crippen LogP contribution in [0.15, 0.2) is 0 Å². The Morgan fingerprint density at radius 1 is 0.952 bits per heavy atom. The predicted molar refractivity (Wildman–Crippen MR) is 90.3 cm³/mol. The Morgan fingerprint density at radius 2 is 1.52 bits per heavy atom. The molecule has 0 bridgehead atoms. The standard InChI is InChI=1S/C16H32BrNO3/c1-3-4-6-19-8-10-21-11-9-20-7-5-18(2)14-15-12-16(17)13-15/h15-16H,3-14H2,1-2H3. The van der Waals surface area contributed by atoms with E-state index in [1.807, 2.05) is 0 Å². The van der Waals surface area contributed by atoms with Gasteiger partial charge in [0, 0.05) is 24.5 Å². The Kier molecular flexibility index (Phi) is 11.8. The molecule has 1 aliphatic rings. The number of halogens is 1. The molecule has 1 aliphatic carbocycles. The fourth-order valence-electron chi connectivity index (χ4n) is 2.34. The molecule has 0 aromatic carbocycles. The number of ether oxygens (including phenoxy) is 3. The van der Waals surface area contributed by atoms with Gasteiger partial charge in [-0.1, -0.05) is 29.3 Å². The zero-order valence-corrected chi connectivity index (χ0v) is 15.3. The summed E-state index contributed by atoms with van der Waals surface area (Å²) >= 11 is 3.64. The fraction of sp³-hybridized carbons (Fsp3) is 1.00. The quantitative estimate of drug-likeness (QED) is 0.349. The van der Waals surface area contributed by atoms with Crippen LogP contribution >= 0.6 is 15.9 Å². The van der Waals surface area contributed by atoms with Crippen LogP contribution in [-0.4, -0.2) is 69.5 Å². The highest BCUT2D eigenvalue weighted by atomic mass is 79.9. The molecule has 4 nitrogen and oxygen atoms in total. The van der Waals surface area contributed by atoms with Crippen LogP contribution in [0.25, 0.3) is 0 Å². The Labute approximate surface area is 138 Å². The summed E-state index contributed by atoms with van der Waals surface area (Å²) in [6.07, 6.45) is 4.95. The first-order valence-electron chi connectivity index (χ1n) is 8.28. The molecule has 0 N–H and O–H groups in total. The smallest absolute Gasteiger partial charge is 0.0701 e. The summed E-state index contributed by atoms with van der Waals surface area (Å²) in [5.74, 6) is 0.871. The fourth-order valence-corrected chi connectivity index (χ4v) is 3.40. The molecular formula is C16H32BrNO3. The summed E-state index contributed by atoms with van der Waals surface area (Å²) in [4.78, 5) is 3.13. The number of hydrogen-bond acceptors (Lipinski definition) is 4. The molecule has 1 fully saturated rings. The van der Waals surface area contributed by atoms with E-state index in [0.29, 0.717) is 26.4 Å². The molecule has 0 amide bonds. The van der Waals surface area contributed by atoms with Crippen molar-refractivity contribution >= 4 is 15.9 Å². The van der Waals surface area contributed by atoms with Crippen molar-refractivity contribution in [2.24, 2.45) is 5.92 Å². The topological polar surface area (TPSA) is 30.9 Å². The van der Waals surface area contributed by atoms with Gasteiger partial charge in [-0.05, 0) is 32.2 Å². The molecule has 0 aromatic rings. The summed E-state index contributed by atoms with van der Waals surface area (Å²) < 4.78 is 16.5. The lowest BCUT2D eigenvalue weighted by Gasteiger charge is -2.34. The number of unbranched alkanes of at least 4 members (excludes halogenated alkanes) is 1. The first-order valence-corrected chi connectivity index (χ1v) is 9.19. The van der Waals surface area contributed by atoms with Crippen molar-refractivity contribution in [2.75, 3.05) is 59.8 Å². The largest absolute Gasteiger partial charge is 0.379 e. The Balaban J connectivity index is 1.74. The molecule has 5 heteroatoms. The molecular weight excluding hydrogens is 334 g/mol. The van der Waals surface area contributed by atoms with Crippen LogP contribution in [0.1, 0.15) is 32.6 Å². The lowest BCUT2D eigenvalue weighted by atomic mass is 9.85. The van der Waals surface area contributed by atoms with Gasteiger partial charge in [0.1, 0.15) is 0 Å². The summed E-state index contributed by atoms with van der Waals surface area (Å²) in [7, 11) is 2.18. The van der Waals surface area contributed by atoms with Crippen LogP contribution in [0, 0.1) is 5.92 Å². The number of alkyl halides is 1. The minimum absolute atomic E-state index is 0.661. The summed E-state index contributed by atoms with van der Waals surface area (Å²) in [6, 6.07) is 0. The van der Waals surface area contributed by atoms with Crippen LogP contribution in [0.2, 0.25) is 0 Å². The summed E-state index contributed by atoms with van der Waals surface area (Å²) in [5.41, 5.74) is 0. The SMILES string of the molecule is CCCCOCCOCCOCCN(C)CC1CC(Br)C1. The first kappa shape index (κ1) is 19.4. The molecule has 21 heavy (non-hydrogen) atoms. The molecule has 0 saturated heterocycles. The van der Waals surface area contributed by atoms with Crippen molar-refractivity contribution in [1.82, 2.24) is 4.90 Å². The van der Waals surface area contributed by atoms with E-state index in [1.165, 1.54) is 25.8 Å². The second kappa shape index (κ2) is 12.8.